The molecule has 2 aromatic rings. The van der Waals surface area contributed by atoms with Crippen molar-refractivity contribution in [1.82, 2.24) is 4.98 Å². The average Bonchev–Trinajstić information content (AvgIpc) is 2.77. The quantitative estimate of drug-likeness (QED) is 0.866. The Morgan fingerprint density at radius 3 is 2.71 bits per heavy atom. The van der Waals surface area contributed by atoms with Gasteiger partial charge in [0.25, 0.3) is 10.0 Å². The van der Waals surface area contributed by atoms with E-state index in [0.29, 0.717) is 23.7 Å². The molecule has 0 unspecified atom stereocenters. The SMILES string of the molecule is CCCOc1ccccc1NS(=O)(=O)c1sc(Cl)nc1C. The molecule has 0 aliphatic heterocycles. The molecule has 0 radical (unpaired) electrons. The lowest BCUT2D eigenvalue weighted by molar-refractivity contribution is 0.319. The highest BCUT2D eigenvalue weighted by molar-refractivity contribution is 7.94. The van der Waals surface area contributed by atoms with Gasteiger partial charge in [0.05, 0.1) is 18.0 Å². The predicted molar refractivity (Wildman–Crippen MR) is 84.9 cm³/mol. The van der Waals surface area contributed by atoms with Gasteiger partial charge in [0, 0.05) is 0 Å². The van der Waals surface area contributed by atoms with E-state index in [-0.39, 0.29) is 8.68 Å². The number of nitrogens with one attached hydrogen (secondary N) is 1. The minimum atomic E-state index is -3.73. The first kappa shape index (κ1) is 16.1. The second kappa shape index (κ2) is 6.64. The van der Waals surface area contributed by atoms with Gasteiger partial charge in [0.2, 0.25) is 0 Å². The second-order valence-corrected chi connectivity index (χ2v) is 7.75. The maximum Gasteiger partial charge on any atom is 0.273 e. The maximum atomic E-state index is 12.4. The van der Waals surface area contributed by atoms with Crippen LogP contribution >= 0.6 is 22.9 Å². The van der Waals surface area contributed by atoms with Crippen molar-refractivity contribution in [3.05, 3.63) is 34.4 Å². The third-order valence-electron chi connectivity index (χ3n) is 2.57. The van der Waals surface area contributed by atoms with Crippen molar-refractivity contribution < 1.29 is 13.2 Å². The van der Waals surface area contributed by atoms with E-state index < -0.39 is 10.0 Å². The largest absolute Gasteiger partial charge is 0.491 e. The van der Waals surface area contributed by atoms with Crippen molar-refractivity contribution in [2.45, 2.75) is 24.5 Å². The molecule has 1 N–H and O–H groups in total. The molecule has 1 heterocycles. The van der Waals surface area contributed by atoms with Crippen LogP contribution in [0.2, 0.25) is 4.47 Å². The maximum absolute atomic E-state index is 12.4. The lowest BCUT2D eigenvalue weighted by Crippen LogP contribution is -2.13. The summed E-state index contributed by atoms with van der Waals surface area (Å²) in [5, 5.41) is 0. The predicted octanol–water partition coefficient (Wildman–Crippen LogP) is 3.69. The van der Waals surface area contributed by atoms with Crippen LogP contribution in [0.25, 0.3) is 0 Å². The van der Waals surface area contributed by atoms with Crippen LogP contribution in [-0.2, 0) is 10.0 Å². The first-order valence-corrected chi connectivity index (χ1v) is 8.99. The second-order valence-electron chi connectivity index (χ2n) is 4.29. The zero-order valence-corrected chi connectivity index (χ0v) is 14.0. The number of nitrogens with zero attached hydrogens (tertiary/aromatic N) is 1. The van der Waals surface area contributed by atoms with E-state index in [0.717, 1.165) is 17.8 Å². The number of anilines is 1. The van der Waals surface area contributed by atoms with Gasteiger partial charge in [-0.25, -0.2) is 13.4 Å². The van der Waals surface area contributed by atoms with Gasteiger partial charge in [-0.1, -0.05) is 42.0 Å². The van der Waals surface area contributed by atoms with E-state index in [1.165, 1.54) is 0 Å². The number of benzene rings is 1. The van der Waals surface area contributed by atoms with Crippen molar-refractivity contribution >= 4 is 38.6 Å². The fraction of sp³-hybridized carbons (Fsp3) is 0.308. The van der Waals surface area contributed by atoms with Crippen LogP contribution in [0.3, 0.4) is 0 Å². The molecule has 1 aromatic carbocycles. The van der Waals surface area contributed by atoms with Crippen LogP contribution in [0.15, 0.2) is 28.5 Å². The number of aromatic nitrogens is 1. The molecule has 2 rings (SSSR count). The van der Waals surface area contributed by atoms with E-state index in [1.807, 2.05) is 6.92 Å². The summed E-state index contributed by atoms with van der Waals surface area (Å²) < 4.78 is 33.2. The van der Waals surface area contributed by atoms with Crippen LogP contribution in [0.5, 0.6) is 5.75 Å². The average molecular weight is 347 g/mol. The summed E-state index contributed by atoms with van der Waals surface area (Å²) in [4.78, 5) is 3.92. The number of sulfonamides is 1. The zero-order chi connectivity index (χ0) is 15.5. The molecule has 21 heavy (non-hydrogen) atoms. The van der Waals surface area contributed by atoms with Crippen molar-refractivity contribution in [2.24, 2.45) is 0 Å². The van der Waals surface area contributed by atoms with E-state index in [1.54, 1.807) is 31.2 Å². The number of thiazole rings is 1. The summed E-state index contributed by atoms with van der Waals surface area (Å²) >= 11 is 6.69. The Kier molecular flexibility index (Phi) is 5.08. The van der Waals surface area contributed by atoms with Crippen LogP contribution in [-0.4, -0.2) is 20.0 Å². The monoisotopic (exact) mass is 346 g/mol. The number of aryl methyl sites for hydroxylation is 1. The number of para-hydroxylation sites is 2. The highest BCUT2D eigenvalue weighted by Crippen LogP contribution is 2.31. The normalized spacial score (nSPS) is 11.4. The Morgan fingerprint density at radius 2 is 2.10 bits per heavy atom. The van der Waals surface area contributed by atoms with E-state index in [9.17, 15) is 8.42 Å². The Labute approximate surface area is 133 Å². The highest BCUT2D eigenvalue weighted by Gasteiger charge is 2.22. The van der Waals surface area contributed by atoms with Crippen molar-refractivity contribution in [1.29, 1.82) is 0 Å². The van der Waals surface area contributed by atoms with Crippen LogP contribution in [0.1, 0.15) is 19.0 Å². The first-order chi connectivity index (χ1) is 9.94. The minimum Gasteiger partial charge on any atom is -0.491 e. The topological polar surface area (TPSA) is 68.3 Å². The number of rotatable bonds is 6. The molecule has 0 saturated heterocycles. The molecule has 0 bridgehead atoms. The van der Waals surface area contributed by atoms with Crippen molar-refractivity contribution in [3.8, 4) is 5.75 Å². The molecule has 8 heteroatoms. The van der Waals surface area contributed by atoms with Gasteiger partial charge in [0.15, 0.2) is 8.68 Å². The Bertz CT molecular complexity index is 729. The first-order valence-electron chi connectivity index (χ1n) is 6.31. The molecule has 0 aliphatic rings. The van der Waals surface area contributed by atoms with Gasteiger partial charge in [-0.15, -0.1) is 0 Å². The van der Waals surface area contributed by atoms with Gasteiger partial charge in [-0.2, -0.15) is 0 Å². The van der Waals surface area contributed by atoms with E-state index in [2.05, 4.69) is 9.71 Å². The molecule has 5 nitrogen and oxygen atoms in total. The molecule has 0 fully saturated rings. The number of hydrogen-bond donors (Lipinski definition) is 1. The lowest BCUT2D eigenvalue weighted by Gasteiger charge is -2.12. The fourth-order valence-electron chi connectivity index (χ4n) is 1.68. The molecule has 114 valence electrons. The summed E-state index contributed by atoms with van der Waals surface area (Å²) in [6, 6.07) is 6.90. The molecular weight excluding hydrogens is 332 g/mol. The molecule has 0 saturated carbocycles. The van der Waals surface area contributed by atoms with Crippen molar-refractivity contribution in [2.75, 3.05) is 11.3 Å². The Balaban J connectivity index is 2.31. The zero-order valence-electron chi connectivity index (χ0n) is 11.6. The Hall–Kier alpha value is -1.31. The summed E-state index contributed by atoms with van der Waals surface area (Å²) in [5.74, 6) is 0.496. The molecule has 0 aliphatic carbocycles. The number of ether oxygens (including phenoxy) is 1. The highest BCUT2D eigenvalue weighted by atomic mass is 35.5. The summed E-state index contributed by atoms with van der Waals surface area (Å²) in [6.45, 7) is 4.11. The number of halogens is 1. The lowest BCUT2D eigenvalue weighted by atomic mass is 10.3. The van der Waals surface area contributed by atoms with E-state index >= 15 is 0 Å². The summed E-state index contributed by atoms with van der Waals surface area (Å²) in [6.07, 6.45) is 0.838. The smallest absolute Gasteiger partial charge is 0.273 e. The van der Waals surface area contributed by atoms with Gasteiger partial charge in [0.1, 0.15) is 5.75 Å². The molecule has 1 aromatic heterocycles. The standard InChI is InChI=1S/C13H15ClN2O3S2/c1-3-8-19-11-7-5-4-6-10(11)16-21(17,18)12-9(2)15-13(14)20-12/h4-7,16H,3,8H2,1-2H3. The van der Waals surface area contributed by atoms with Crippen LogP contribution < -0.4 is 9.46 Å². The minimum absolute atomic E-state index is 0.109. The van der Waals surface area contributed by atoms with Gasteiger partial charge in [-0.05, 0) is 25.5 Å². The number of hydrogen-bond acceptors (Lipinski definition) is 5. The fourth-order valence-corrected chi connectivity index (χ4v) is 4.49. The third-order valence-corrected chi connectivity index (χ3v) is 5.80. The molecular formula is C13H15ClN2O3S2. The summed E-state index contributed by atoms with van der Waals surface area (Å²) in [5.41, 5.74) is 0.777. The van der Waals surface area contributed by atoms with Gasteiger partial charge >= 0.3 is 0 Å². The molecule has 0 atom stereocenters. The van der Waals surface area contributed by atoms with Gasteiger partial charge in [-0.3, -0.25) is 4.72 Å². The molecule has 0 spiro atoms. The van der Waals surface area contributed by atoms with Gasteiger partial charge < -0.3 is 4.74 Å². The van der Waals surface area contributed by atoms with Crippen LogP contribution in [0.4, 0.5) is 5.69 Å². The van der Waals surface area contributed by atoms with Crippen LogP contribution in [0, 0.1) is 6.92 Å². The molecule has 0 amide bonds. The van der Waals surface area contributed by atoms with Crippen molar-refractivity contribution in [3.63, 3.8) is 0 Å². The summed E-state index contributed by atoms with van der Waals surface area (Å²) in [7, 11) is -3.73. The Morgan fingerprint density at radius 1 is 1.38 bits per heavy atom. The van der Waals surface area contributed by atoms with E-state index in [4.69, 9.17) is 16.3 Å². The third kappa shape index (κ3) is 3.87.